The average Bonchev–Trinajstić information content (AvgIpc) is 3.27. The Morgan fingerprint density at radius 1 is 0.895 bits per heavy atom. The lowest BCUT2D eigenvalue weighted by Crippen LogP contribution is -2.58. The van der Waals surface area contributed by atoms with Gasteiger partial charge in [0, 0.05) is 29.9 Å². The van der Waals surface area contributed by atoms with Gasteiger partial charge in [0.25, 0.3) is 0 Å². The van der Waals surface area contributed by atoms with Crippen LogP contribution in [0.3, 0.4) is 0 Å². The molecule has 1 heterocycles. The predicted molar refractivity (Wildman–Crippen MR) is 131 cm³/mol. The second-order valence-corrected chi connectivity index (χ2v) is 8.48. The second-order valence-electron chi connectivity index (χ2n) is 8.48. The number of para-hydroxylation sites is 1. The minimum Gasteiger partial charge on any atom is -0.481 e. The molecule has 0 aliphatic carbocycles. The van der Waals surface area contributed by atoms with Gasteiger partial charge in [0.2, 0.25) is 23.6 Å². The van der Waals surface area contributed by atoms with Crippen LogP contribution in [0.25, 0.3) is 10.9 Å². The Kier molecular flexibility index (Phi) is 10.7. The van der Waals surface area contributed by atoms with Crippen molar-refractivity contribution in [2.75, 3.05) is 6.61 Å². The van der Waals surface area contributed by atoms with Crippen LogP contribution in [0.4, 0.5) is 0 Å². The second kappa shape index (κ2) is 13.7. The molecule has 0 saturated heterocycles. The smallest absolute Gasteiger partial charge is 0.326 e. The third-order valence-corrected chi connectivity index (χ3v) is 5.57. The van der Waals surface area contributed by atoms with Crippen molar-refractivity contribution in [3.05, 3.63) is 36.0 Å². The van der Waals surface area contributed by atoms with Gasteiger partial charge < -0.3 is 47.7 Å². The first-order chi connectivity index (χ1) is 17.9. The van der Waals surface area contributed by atoms with Crippen molar-refractivity contribution >= 4 is 46.5 Å². The van der Waals surface area contributed by atoms with Gasteiger partial charge in [-0.1, -0.05) is 18.2 Å². The highest BCUT2D eigenvalue weighted by molar-refractivity contribution is 5.95. The number of carbonyl (C=O) groups excluding carboxylic acids is 4. The summed E-state index contributed by atoms with van der Waals surface area (Å²) in [5.41, 5.74) is 11.8. The lowest BCUT2D eigenvalue weighted by atomic mass is 10.0. The van der Waals surface area contributed by atoms with Crippen molar-refractivity contribution in [1.82, 2.24) is 20.9 Å². The van der Waals surface area contributed by atoms with Crippen LogP contribution in [0.1, 0.15) is 24.8 Å². The van der Waals surface area contributed by atoms with Gasteiger partial charge in [-0.3, -0.25) is 24.0 Å². The van der Waals surface area contributed by atoms with E-state index >= 15 is 0 Å². The molecule has 1 aromatic heterocycles. The summed E-state index contributed by atoms with van der Waals surface area (Å²) in [5, 5.41) is 35.1. The number of amides is 4. The molecule has 0 fully saturated rings. The number of aliphatic carboxylic acids is 2. The Morgan fingerprint density at radius 2 is 1.50 bits per heavy atom. The number of primary amides is 1. The average molecular weight is 535 g/mol. The number of hydrogen-bond donors (Lipinski definition) is 9. The van der Waals surface area contributed by atoms with Crippen molar-refractivity contribution in [2.24, 2.45) is 11.5 Å². The fourth-order valence-electron chi connectivity index (χ4n) is 3.57. The number of carboxylic acids is 2. The summed E-state index contributed by atoms with van der Waals surface area (Å²) in [6.07, 6.45) is -0.137. The van der Waals surface area contributed by atoms with Crippen LogP contribution in [0, 0.1) is 0 Å². The quantitative estimate of drug-likeness (QED) is 0.114. The zero-order valence-electron chi connectivity index (χ0n) is 20.2. The van der Waals surface area contributed by atoms with E-state index in [0.29, 0.717) is 5.56 Å². The van der Waals surface area contributed by atoms with Gasteiger partial charge in [-0.05, 0) is 18.1 Å². The Hall–Kier alpha value is -4.50. The van der Waals surface area contributed by atoms with Gasteiger partial charge in [0.1, 0.15) is 24.2 Å². The third-order valence-electron chi connectivity index (χ3n) is 5.57. The van der Waals surface area contributed by atoms with Crippen molar-refractivity contribution in [2.45, 2.75) is 49.9 Å². The minimum atomic E-state index is -1.67. The number of H-pyrrole nitrogens is 1. The Balaban J connectivity index is 2.34. The summed E-state index contributed by atoms with van der Waals surface area (Å²) in [6, 6.07) is 1.16. The molecule has 2 aromatic rings. The van der Waals surface area contributed by atoms with Gasteiger partial charge in [0.15, 0.2) is 0 Å². The first kappa shape index (κ1) is 29.7. The molecular formula is C23H30N6O9. The number of aromatic nitrogens is 1. The monoisotopic (exact) mass is 534 g/mol. The van der Waals surface area contributed by atoms with E-state index in [0.717, 1.165) is 10.9 Å². The van der Waals surface area contributed by atoms with E-state index in [2.05, 4.69) is 20.9 Å². The van der Waals surface area contributed by atoms with E-state index in [-0.39, 0.29) is 12.8 Å². The normalized spacial score (nSPS) is 14.1. The topological polar surface area (TPSA) is 267 Å². The molecule has 0 aliphatic heterocycles. The molecule has 0 saturated carbocycles. The fourth-order valence-corrected chi connectivity index (χ4v) is 3.57. The molecule has 4 unspecified atom stereocenters. The zero-order chi connectivity index (χ0) is 28.4. The number of aliphatic hydroxyl groups excluding tert-OH is 1. The number of fused-ring (bicyclic) bond motifs is 1. The highest BCUT2D eigenvalue weighted by Crippen LogP contribution is 2.19. The van der Waals surface area contributed by atoms with Crippen molar-refractivity contribution in [3.8, 4) is 0 Å². The molecule has 4 amide bonds. The summed E-state index contributed by atoms with van der Waals surface area (Å²) in [6.45, 7) is -0.735. The molecule has 2 rings (SSSR count). The Morgan fingerprint density at radius 3 is 2.11 bits per heavy atom. The number of hydrogen-bond acceptors (Lipinski definition) is 8. The van der Waals surface area contributed by atoms with Crippen LogP contribution >= 0.6 is 0 Å². The summed E-state index contributed by atoms with van der Waals surface area (Å²) in [5.74, 6) is -6.61. The van der Waals surface area contributed by atoms with E-state index in [1.165, 1.54) is 0 Å². The summed E-state index contributed by atoms with van der Waals surface area (Å²) in [7, 11) is 0. The van der Waals surface area contributed by atoms with Gasteiger partial charge in [-0.15, -0.1) is 0 Å². The van der Waals surface area contributed by atoms with E-state index in [1.807, 2.05) is 0 Å². The summed E-state index contributed by atoms with van der Waals surface area (Å²) in [4.78, 5) is 75.3. The lowest BCUT2D eigenvalue weighted by Gasteiger charge is -2.24. The molecule has 38 heavy (non-hydrogen) atoms. The molecule has 1 aromatic carbocycles. The number of aromatic amines is 1. The van der Waals surface area contributed by atoms with Gasteiger partial charge in [-0.25, -0.2) is 4.79 Å². The summed E-state index contributed by atoms with van der Waals surface area (Å²) < 4.78 is 0. The standard InChI is InChI=1S/C23H30N6O9/c24-13(10-30)20(34)27-15(5-6-19(32)33)21(35)28-16(22(36)29-17(23(37)38)8-18(25)31)7-11-9-26-14-4-2-1-3-12(11)14/h1-4,9,13,15-17,26,30H,5-8,10,24H2,(H2,25,31)(H,27,34)(H,28,35)(H,29,36)(H,32,33)(H,37,38). The number of nitrogens with one attached hydrogen (secondary N) is 4. The van der Waals surface area contributed by atoms with Crippen LogP contribution in [-0.2, 0) is 35.2 Å². The highest BCUT2D eigenvalue weighted by atomic mass is 16.4. The maximum atomic E-state index is 13.1. The van der Waals surface area contributed by atoms with Gasteiger partial charge >= 0.3 is 11.9 Å². The maximum absolute atomic E-state index is 13.1. The van der Waals surface area contributed by atoms with E-state index < -0.39 is 79.2 Å². The molecule has 206 valence electrons. The SMILES string of the molecule is NC(=O)CC(NC(=O)C(Cc1c[nH]c2ccccc12)NC(=O)C(CCC(=O)O)NC(=O)C(N)CO)C(=O)O. The molecule has 0 aliphatic rings. The number of aliphatic hydroxyl groups is 1. The van der Waals surface area contributed by atoms with E-state index in [1.54, 1.807) is 30.5 Å². The molecular weight excluding hydrogens is 504 g/mol. The van der Waals surface area contributed by atoms with Crippen LogP contribution < -0.4 is 27.4 Å². The van der Waals surface area contributed by atoms with Crippen LogP contribution in [0.15, 0.2) is 30.5 Å². The number of rotatable bonds is 15. The minimum absolute atomic E-state index is 0.139. The number of carboxylic acid groups (broad SMARTS) is 2. The van der Waals surface area contributed by atoms with Crippen molar-refractivity contribution < 1.29 is 44.1 Å². The third kappa shape index (κ3) is 8.56. The highest BCUT2D eigenvalue weighted by Gasteiger charge is 2.31. The lowest BCUT2D eigenvalue weighted by molar-refractivity contribution is -0.143. The number of benzene rings is 1. The molecule has 15 heteroatoms. The molecule has 0 bridgehead atoms. The fraction of sp³-hybridized carbons (Fsp3) is 0.391. The zero-order valence-corrected chi connectivity index (χ0v) is 20.2. The van der Waals surface area contributed by atoms with E-state index in [4.69, 9.17) is 21.7 Å². The maximum Gasteiger partial charge on any atom is 0.326 e. The molecule has 11 N–H and O–H groups in total. The summed E-state index contributed by atoms with van der Waals surface area (Å²) >= 11 is 0. The van der Waals surface area contributed by atoms with Crippen molar-refractivity contribution in [3.63, 3.8) is 0 Å². The van der Waals surface area contributed by atoms with Crippen LogP contribution in [-0.4, -0.2) is 86.6 Å². The van der Waals surface area contributed by atoms with E-state index in [9.17, 15) is 33.9 Å². The molecule has 0 spiro atoms. The molecule has 4 atom stereocenters. The number of carbonyl (C=O) groups is 6. The Bertz CT molecular complexity index is 1200. The number of nitrogens with two attached hydrogens (primary N) is 2. The van der Waals surface area contributed by atoms with Crippen LogP contribution in [0.5, 0.6) is 0 Å². The van der Waals surface area contributed by atoms with Crippen LogP contribution in [0.2, 0.25) is 0 Å². The first-order valence-electron chi connectivity index (χ1n) is 11.5. The van der Waals surface area contributed by atoms with Crippen molar-refractivity contribution in [1.29, 1.82) is 0 Å². The predicted octanol–water partition coefficient (Wildman–Crippen LogP) is -2.69. The first-order valence-corrected chi connectivity index (χ1v) is 11.5. The molecule has 0 radical (unpaired) electrons. The largest absolute Gasteiger partial charge is 0.481 e. The van der Waals surface area contributed by atoms with Gasteiger partial charge in [0.05, 0.1) is 13.0 Å². The van der Waals surface area contributed by atoms with Gasteiger partial charge in [-0.2, -0.15) is 0 Å². The Labute approximate surface area is 215 Å². The molecule has 15 nitrogen and oxygen atoms in total.